The molecule has 1 saturated heterocycles. The van der Waals surface area contributed by atoms with Crippen molar-refractivity contribution < 1.29 is 31.4 Å². The van der Waals surface area contributed by atoms with Gasteiger partial charge in [-0.2, -0.15) is 22.5 Å². The van der Waals surface area contributed by atoms with E-state index in [9.17, 15) is 26.7 Å². The van der Waals surface area contributed by atoms with E-state index in [2.05, 4.69) is 15.2 Å². The van der Waals surface area contributed by atoms with E-state index in [1.807, 2.05) is 0 Å². The average Bonchev–Trinajstić information content (AvgIpc) is 3.42. The van der Waals surface area contributed by atoms with Crippen molar-refractivity contribution in [3.63, 3.8) is 0 Å². The zero-order valence-electron chi connectivity index (χ0n) is 15.9. The van der Waals surface area contributed by atoms with Gasteiger partial charge in [0, 0.05) is 11.6 Å². The van der Waals surface area contributed by atoms with Gasteiger partial charge >= 0.3 is 11.9 Å². The standard InChI is InChI=1S/C19H15F5N4O3/c1-11(18(9-31-18)15-7-2-12(20)8-16(15)21)27-17(29)28(26-25-27)13-3-5-14(6-4-13)30-10-19(22,23)24/h2-8,11H,9-10H2,1H3/t11-,18-/m1/s1. The average molecular weight is 442 g/mol. The minimum Gasteiger partial charge on any atom is -0.484 e. The second kappa shape index (κ2) is 7.45. The van der Waals surface area contributed by atoms with Crippen molar-refractivity contribution in [1.82, 2.24) is 19.8 Å². The molecule has 1 aromatic heterocycles. The van der Waals surface area contributed by atoms with Gasteiger partial charge in [-0.3, -0.25) is 0 Å². The summed E-state index contributed by atoms with van der Waals surface area (Å²) in [5.74, 6) is -1.58. The number of hydrogen-bond donors (Lipinski definition) is 0. The van der Waals surface area contributed by atoms with Crippen LogP contribution in [0.15, 0.2) is 47.3 Å². The molecule has 2 heterocycles. The lowest BCUT2D eigenvalue weighted by Crippen LogP contribution is -2.34. The molecule has 0 radical (unpaired) electrons. The van der Waals surface area contributed by atoms with Crippen LogP contribution in [0.5, 0.6) is 5.75 Å². The van der Waals surface area contributed by atoms with Crippen molar-refractivity contribution in [2.24, 2.45) is 0 Å². The topological polar surface area (TPSA) is 74.5 Å². The van der Waals surface area contributed by atoms with Gasteiger partial charge in [0.25, 0.3) is 0 Å². The molecule has 4 rings (SSSR count). The summed E-state index contributed by atoms with van der Waals surface area (Å²) in [6, 6.07) is 7.51. The van der Waals surface area contributed by atoms with Crippen molar-refractivity contribution >= 4 is 0 Å². The summed E-state index contributed by atoms with van der Waals surface area (Å²) in [5, 5.41) is 7.60. The number of alkyl halides is 3. The number of aromatic nitrogens is 4. The number of nitrogens with zero attached hydrogens (tertiary/aromatic N) is 4. The fourth-order valence-corrected chi connectivity index (χ4v) is 3.24. The van der Waals surface area contributed by atoms with Gasteiger partial charge in [0.15, 0.2) is 6.61 Å². The van der Waals surface area contributed by atoms with Gasteiger partial charge in [0.05, 0.1) is 18.3 Å². The SMILES string of the molecule is C[C@@H](n1nnn(-c2ccc(OCC(F)(F)F)cc2)c1=O)[C@@]1(c2ccc(F)cc2F)CO1. The molecular formula is C19H15F5N4O3. The van der Waals surface area contributed by atoms with E-state index < -0.39 is 41.8 Å². The summed E-state index contributed by atoms with van der Waals surface area (Å²) in [4.78, 5) is 12.8. The molecule has 2 atom stereocenters. The molecule has 2 aromatic carbocycles. The Hall–Kier alpha value is -3.28. The molecule has 1 aliphatic heterocycles. The molecule has 7 nitrogen and oxygen atoms in total. The molecule has 0 aliphatic carbocycles. The van der Waals surface area contributed by atoms with Crippen LogP contribution in [0.1, 0.15) is 18.5 Å². The maximum absolute atomic E-state index is 14.3. The van der Waals surface area contributed by atoms with Gasteiger partial charge in [-0.25, -0.2) is 13.6 Å². The Morgan fingerprint density at radius 1 is 1.16 bits per heavy atom. The predicted molar refractivity (Wildman–Crippen MR) is 95.9 cm³/mol. The highest BCUT2D eigenvalue weighted by Gasteiger charge is 2.54. The highest BCUT2D eigenvalue weighted by atomic mass is 19.4. The van der Waals surface area contributed by atoms with Crippen molar-refractivity contribution in [3.8, 4) is 11.4 Å². The van der Waals surface area contributed by atoms with Crippen LogP contribution in [-0.2, 0) is 10.3 Å². The lowest BCUT2D eigenvalue weighted by molar-refractivity contribution is -0.153. The first-order valence-electron chi connectivity index (χ1n) is 9.05. The van der Waals surface area contributed by atoms with Crippen LogP contribution in [0.25, 0.3) is 5.69 Å². The fraction of sp³-hybridized carbons (Fsp3) is 0.316. The first kappa shape index (κ1) is 21.0. The number of hydrogen-bond acceptors (Lipinski definition) is 5. The van der Waals surface area contributed by atoms with E-state index in [1.54, 1.807) is 6.92 Å². The lowest BCUT2D eigenvalue weighted by Gasteiger charge is -2.20. The van der Waals surface area contributed by atoms with E-state index >= 15 is 0 Å². The third-order valence-corrected chi connectivity index (χ3v) is 4.97. The van der Waals surface area contributed by atoms with Gasteiger partial charge in [-0.05, 0) is 47.7 Å². The predicted octanol–water partition coefficient (Wildman–Crippen LogP) is 3.14. The van der Waals surface area contributed by atoms with Crippen LogP contribution in [0.4, 0.5) is 22.0 Å². The molecule has 0 saturated carbocycles. The number of benzene rings is 2. The van der Waals surface area contributed by atoms with Crippen LogP contribution in [0.3, 0.4) is 0 Å². The van der Waals surface area contributed by atoms with Crippen molar-refractivity contribution in [3.05, 3.63) is 70.1 Å². The van der Waals surface area contributed by atoms with E-state index in [4.69, 9.17) is 4.74 Å². The normalized spacial score (nSPS) is 19.3. The third-order valence-electron chi connectivity index (χ3n) is 4.97. The number of epoxide rings is 1. The molecule has 1 aliphatic rings. The Morgan fingerprint density at radius 2 is 1.84 bits per heavy atom. The summed E-state index contributed by atoms with van der Waals surface area (Å²) >= 11 is 0. The number of tetrazole rings is 1. The van der Waals surface area contributed by atoms with Crippen LogP contribution in [-0.4, -0.2) is 39.2 Å². The van der Waals surface area contributed by atoms with E-state index in [1.165, 1.54) is 30.3 Å². The molecule has 3 aromatic rings. The highest BCUT2D eigenvalue weighted by Crippen LogP contribution is 2.48. The highest BCUT2D eigenvalue weighted by molar-refractivity contribution is 5.36. The Bertz CT molecular complexity index is 1150. The van der Waals surface area contributed by atoms with Gasteiger partial charge < -0.3 is 9.47 Å². The Morgan fingerprint density at radius 3 is 2.42 bits per heavy atom. The number of rotatable bonds is 6. The van der Waals surface area contributed by atoms with E-state index in [0.29, 0.717) is 0 Å². The molecule has 31 heavy (non-hydrogen) atoms. The first-order valence-corrected chi connectivity index (χ1v) is 9.05. The molecule has 0 bridgehead atoms. The Balaban J connectivity index is 1.58. The minimum absolute atomic E-state index is 0.0352. The second-order valence-corrected chi connectivity index (χ2v) is 6.99. The summed E-state index contributed by atoms with van der Waals surface area (Å²) < 4.78 is 76.3. The largest absolute Gasteiger partial charge is 0.484 e. The molecule has 1 fully saturated rings. The van der Waals surface area contributed by atoms with E-state index in [0.717, 1.165) is 21.5 Å². The van der Waals surface area contributed by atoms with E-state index in [-0.39, 0.29) is 23.6 Å². The molecule has 0 spiro atoms. The zero-order chi connectivity index (χ0) is 22.4. The molecule has 0 amide bonds. The van der Waals surface area contributed by atoms with Crippen molar-refractivity contribution in [1.29, 1.82) is 0 Å². The summed E-state index contributed by atoms with van der Waals surface area (Å²) in [5.41, 5.74) is -1.54. The third kappa shape index (κ3) is 4.02. The number of ether oxygens (including phenoxy) is 2. The van der Waals surface area contributed by atoms with Crippen LogP contribution < -0.4 is 10.4 Å². The monoisotopic (exact) mass is 442 g/mol. The van der Waals surface area contributed by atoms with Crippen LogP contribution in [0.2, 0.25) is 0 Å². The van der Waals surface area contributed by atoms with Crippen LogP contribution >= 0.6 is 0 Å². The maximum Gasteiger partial charge on any atom is 0.422 e. The number of halogens is 5. The second-order valence-electron chi connectivity index (χ2n) is 6.99. The summed E-state index contributed by atoms with van der Waals surface area (Å²) in [6.07, 6.45) is -4.47. The van der Waals surface area contributed by atoms with Crippen molar-refractivity contribution in [2.45, 2.75) is 24.7 Å². The minimum atomic E-state index is -4.47. The molecule has 0 unspecified atom stereocenters. The quantitative estimate of drug-likeness (QED) is 0.433. The van der Waals surface area contributed by atoms with Gasteiger partial charge in [0.2, 0.25) is 0 Å². The molecule has 12 heteroatoms. The van der Waals surface area contributed by atoms with Gasteiger partial charge in [-0.15, -0.1) is 0 Å². The molecule has 164 valence electrons. The fourth-order valence-electron chi connectivity index (χ4n) is 3.24. The maximum atomic E-state index is 14.3. The summed E-state index contributed by atoms with van der Waals surface area (Å²) in [7, 11) is 0. The molecular weight excluding hydrogens is 427 g/mol. The summed E-state index contributed by atoms with van der Waals surface area (Å²) in [6.45, 7) is 0.244. The smallest absolute Gasteiger partial charge is 0.422 e. The Kier molecular flexibility index (Phi) is 5.04. The van der Waals surface area contributed by atoms with Gasteiger partial charge in [0.1, 0.15) is 23.0 Å². The molecule has 0 N–H and O–H groups in total. The van der Waals surface area contributed by atoms with Gasteiger partial charge in [-0.1, -0.05) is 6.07 Å². The first-order chi connectivity index (χ1) is 14.6. The van der Waals surface area contributed by atoms with Crippen LogP contribution in [0, 0.1) is 11.6 Å². The van der Waals surface area contributed by atoms with Crippen molar-refractivity contribution in [2.75, 3.05) is 13.2 Å². The lowest BCUT2D eigenvalue weighted by atomic mass is 9.92. The Labute approximate surface area is 171 Å². The zero-order valence-corrected chi connectivity index (χ0v) is 15.9.